The molecule has 0 saturated carbocycles. The number of azo groups is 1. The van der Waals surface area contributed by atoms with Gasteiger partial charge in [-0.3, -0.25) is 10.1 Å². The molecule has 0 aromatic heterocycles. The molecule has 214 valence electrons. The third-order valence-electron chi connectivity index (χ3n) is 7.28. The van der Waals surface area contributed by atoms with E-state index in [0.29, 0.717) is 23.3 Å². The van der Waals surface area contributed by atoms with Crippen molar-refractivity contribution in [1.29, 1.82) is 0 Å². The first kappa shape index (κ1) is 30.7. The monoisotopic (exact) mass is 559 g/mol. The number of nitro groups is 1. The van der Waals surface area contributed by atoms with Crippen LogP contribution in [0.25, 0.3) is 0 Å². The zero-order valence-electron chi connectivity index (χ0n) is 23.1. The number of unbranched alkanes of at least 4 members (excludes halogenated alkanes) is 2. The van der Waals surface area contributed by atoms with Gasteiger partial charge in [-0.05, 0) is 53.3 Å². The zero-order chi connectivity index (χ0) is 29.9. The molecule has 0 saturated heterocycles. The highest BCUT2D eigenvalue weighted by Gasteiger charge is 2.33. The molecule has 0 heterocycles. The van der Waals surface area contributed by atoms with Crippen LogP contribution < -0.4 is 0 Å². The van der Waals surface area contributed by atoms with E-state index in [1.54, 1.807) is 18.2 Å². The Morgan fingerprint density at radius 3 is 2.00 bits per heavy atom. The number of hydrogen-bond acceptors (Lipinski definition) is 5. The molecule has 0 amide bonds. The summed E-state index contributed by atoms with van der Waals surface area (Å²) in [5.74, 6) is -0.687. The van der Waals surface area contributed by atoms with Crippen LogP contribution in [0.15, 0.2) is 64.8 Å². The number of phenolic OH excluding ortho intramolecular Hbond substituents is 1. The number of nitro benzene ring substituents is 1. The van der Waals surface area contributed by atoms with Crippen molar-refractivity contribution in [1.82, 2.24) is 0 Å². The summed E-state index contributed by atoms with van der Waals surface area (Å²) in [6, 6.07) is 11.2. The average Bonchev–Trinajstić information content (AvgIpc) is 2.87. The van der Waals surface area contributed by atoms with E-state index in [4.69, 9.17) is 0 Å². The topological polar surface area (TPSA) is 88.1 Å². The van der Waals surface area contributed by atoms with Gasteiger partial charge >= 0.3 is 6.18 Å². The SMILES string of the molecule is CCCCCC(C)(C)c1cc(N=Nc2cc(C(F)(F)F)ccc2[N+](=O)[O-])c(O)c(C(C)(C)c2ccc(F)cc2)c1. The van der Waals surface area contributed by atoms with Crippen molar-refractivity contribution in [2.45, 2.75) is 77.3 Å². The van der Waals surface area contributed by atoms with Gasteiger partial charge in [0.25, 0.3) is 5.69 Å². The van der Waals surface area contributed by atoms with Crippen LogP contribution in [0.4, 0.5) is 34.6 Å². The Hall–Kier alpha value is -3.82. The van der Waals surface area contributed by atoms with Gasteiger partial charge in [0.2, 0.25) is 0 Å². The highest BCUT2D eigenvalue weighted by atomic mass is 19.4. The van der Waals surface area contributed by atoms with Crippen molar-refractivity contribution in [3.8, 4) is 5.75 Å². The molecule has 1 N–H and O–H groups in total. The van der Waals surface area contributed by atoms with Gasteiger partial charge in [-0.15, -0.1) is 10.2 Å². The number of phenols is 1. The van der Waals surface area contributed by atoms with Crippen molar-refractivity contribution >= 4 is 17.1 Å². The van der Waals surface area contributed by atoms with Crippen LogP contribution >= 0.6 is 0 Å². The first-order chi connectivity index (χ1) is 18.6. The van der Waals surface area contributed by atoms with Gasteiger partial charge in [0.05, 0.1) is 10.5 Å². The summed E-state index contributed by atoms with van der Waals surface area (Å²) in [4.78, 5) is 10.6. The number of nitrogens with zero attached hydrogens (tertiary/aromatic N) is 3. The van der Waals surface area contributed by atoms with Gasteiger partial charge in [0.1, 0.15) is 17.3 Å². The molecule has 0 spiro atoms. The molecule has 0 unspecified atom stereocenters. The van der Waals surface area contributed by atoms with Crippen molar-refractivity contribution in [3.63, 3.8) is 0 Å². The Labute approximate surface area is 230 Å². The molecular weight excluding hydrogens is 526 g/mol. The first-order valence-electron chi connectivity index (χ1n) is 13.0. The lowest BCUT2D eigenvalue weighted by Crippen LogP contribution is -2.22. The normalized spacial score (nSPS) is 12.7. The van der Waals surface area contributed by atoms with Crippen LogP contribution in [0, 0.1) is 15.9 Å². The fourth-order valence-corrected chi connectivity index (χ4v) is 4.59. The van der Waals surface area contributed by atoms with Crippen molar-refractivity contribution in [2.75, 3.05) is 0 Å². The summed E-state index contributed by atoms with van der Waals surface area (Å²) in [6.07, 6.45) is -0.909. The minimum Gasteiger partial charge on any atom is -0.505 e. The molecule has 3 rings (SSSR count). The largest absolute Gasteiger partial charge is 0.505 e. The first-order valence-corrected chi connectivity index (χ1v) is 13.0. The van der Waals surface area contributed by atoms with Crippen LogP contribution in [0.3, 0.4) is 0 Å². The Kier molecular flexibility index (Phi) is 9.01. The summed E-state index contributed by atoms with van der Waals surface area (Å²) < 4.78 is 53.6. The molecule has 0 bridgehead atoms. The average molecular weight is 560 g/mol. The summed E-state index contributed by atoms with van der Waals surface area (Å²) in [5.41, 5.74) is -1.64. The standard InChI is InChI=1S/C30H33F4N3O3/c1-6-7-8-15-28(2,3)21-16-23(29(4,5)19-9-12-22(31)13-10-19)27(38)25(18-21)36-35-24-17-20(30(32,33)34)11-14-26(24)37(39)40/h9-14,16-18,38H,6-8,15H2,1-5H3. The van der Waals surface area contributed by atoms with Crippen LogP contribution in [-0.4, -0.2) is 10.0 Å². The highest BCUT2D eigenvalue weighted by molar-refractivity contribution is 5.63. The molecule has 0 aliphatic heterocycles. The maximum absolute atomic E-state index is 13.6. The molecule has 40 heavy (non-hydrogen) atoms. The lowest BCUT2D eigenvalue weighted by Gasteiger charge is -2.31. The number of aromatic hydroxyl groups is 1. The van der Waals surface area contributed by atoms with E-state index in [2.05, 4.69) is 17.2 Å². The molecule has 10 heteroatoms. The highest BCUT2D eigenvalue weighted by Crippen LogP contribution is 2.46. The molecule has 3 aromatic carbocycles. The summed E-state index contributed by atoms with van der Waals surface area (Å²) in [5, 5.41) is 30.7. The predicted molar refractivity (Wildman–Crippen MR) is 146 cm³/mol. The fraction of sp³-hybridized carbons (Fsp3) is 0.400. The maximum Gasteiger partial charge on any atom is 0.416 e. The van der Waals surface area contributed by atoms with E-state index < -0.39 is 39.3 Å². The quantitative estimate of drug-likeness (QED) is 0.0881. The van der Waals surface area contributed by atoms with Gasteiger partial charge in [0, 0.05) is 17.0 Å². The predicted octanol–water partition coefficient (Wildman–Crippen LogP) is 10.1. The van der Waals surface area contributed by atoms with Crippen molar-refractivity contribution < 1.29 is 27.6 Å². The van der Waals surface area contributed by atoms with Gasteiger partial charge < -0.3 is 5.11 Å². The molecule has 0 fully saturated rings. The zero-order valence-corrected chi connectivity index (χ0v) is 23.1. The van der Waals surface area contributed by atoms with E-state index in [9.17, 15) is 32.8 Å². The summed E-state index contributed by atoms with van der Waals surface area (Å²) >= 11 is 0. The Bertz CT molecular complexity index is 1400. The molecule has 0 aliphatic carbocycles. The number of benzene rings is 3. The Morgan fingerprint density at radius 1 is 0.850 bits per heavy atom. The van der Waals surface area contributed by atoms with E-state index in [1.807, 2.05) is 33.8 Å². The second-order valence-electron chi connectivity index (χ2n) is 11.0. The minimum absolute atomic E-state index is 0.0436. The number of hydrogen-bond donors (Lipinski definition) is 1. The number of rotatable bonds is 10. The second kappa shape index (κ2) is 11.7. The number of alkyl halides is 3. The third kappa shape index (κ3) is 6.84. The molecule has 3 aromatic rings. The second-order valence-corrected chi connectivity index (χ2v) is 11.0. The molecule has 0 radical (unpaired) electrons. The van der Waals surface area contributed by atoms with Crippen molar-refractivity contribution in [3.05, 3.63) is 92.8 Å². The lowest BCUT2D eigenvalue weighted by molar-refractivity contribution is -0.384. The Balaban J connectivity index is 2.22. The molecule has 0 aliphatic rings. The van der Waals surface area contributed by atoms with Crippen molar-refractivity contribution in [2.24, 2.45) is 10.2 Å². The van der Waals surface area contributed by atoms with E-state index in [-0.39, 0.29) is 16.9 Å². The Morgan fingerprint density at radius 2 is 1.43 bits per heavy atom. The van der Waals surface area contributed by atoms with Gasteiger partial charge in [-0.1, -0.05) is 72.1 Å². The summed E-state index contributed by atoms with van der Waals surface area (Å²) in [7, 11) is 0. The number of halogens is 4. The fourth-order valence-electron chi connectivity index (χ4n) is 4.59. The molecular formula is C30H33F4N3O3. The maximum atomic E-state index is 13.6. The van der Waals surface area contributed by atoms with Crippen LogP contribution in [0.2, 0.25) is 0 Å². The van der Waals surface area contributed by atoms with E-state index >= 15 is 0 Å². The van der Waals surface area contributed by atoms with Gasteiger partial charge in [0.15, 0.2) is 5.69 Å². The van der Waals surface area contributed by atoms with Gasteiger partial charge in [-0.2, -0.15) is 13.2 Å². The van der Waals surface area contributed by atoms with E-state index in [0.717, 1.165) is 37.3 Å². The van der Waals surface area contributed by atoms with Crippen LogP contribution in [-0.2, 0) is 17.0 Å². The lowest BCUT2D eigenvalue weighted by atomic mass is 9.73. The summed E-state index contributed by atoms with van der Waals surface area (Å²) in [6.45, 7) is 9.89. The minimum atomic E-state index is -4.74. The molecule has 0 atom stereocenters. The van der Waals surface area contributed by atoms with Crippen LogP contribution in [0.1, 0.15) is 82.6 Å². The van der Waals surface area contributed by atoms with Crippen LogP contribution in [0.5, 0.6) is 5.75 Å². The smallest absolute Gasteiger partial charge is 0.416 e. The van der Waals surface area contributed by atoms with E-state index in [1.165, 1.54) is 12.1 Å². The third-order valence-corrected chi connectivity index (χ3v) is 7.28. The van der Waals surface area contributed by atoms with Gasteiger partial charge in [-0.25, -0.2) is 4.39 Å². The molecule has 6 nitrogen and oxygen atoms in total.